The number of carboxylic acid groups (broad SMARTS) is 1. The molecule has 0 aromatic heterocycles. The van der Waals surface area contributed by atoms with Gasteiger partial charge in [-0.2, -0.15) is 0 Å². The Morgan fingerprint density at radius 2 is 1.91 bits per heavy atom. The molecule has 0 aromatic rings. The second-order valence-corrected chi connectivity index (χ2v) is 9.06. The molecule has 1 aliphatic heterocycles. The lowest BCUT2D eigenvalue weighted by Crippen LogP contribution is -2.45. The lowest BCUT2D eigenvalue weighted by molar-refractivity contribution is -0.143. The molecule has 2 bridgehead atoms. The van der Waals surface area contributed by atoms with E-state index in [-0.39, 0.29) is 11.8 Å². The SMILES string of the molecule is CC(C)C(NC(=O)CCN1CC2(C)CC1CC(C)(C)C2)C(=O)O. The van der Waals surface area contributed by atoms with Gasteiger partial charge in [-0.3, -0.25) is 9.69 Å². The Bertz CT molecular complexity index is 475. The van der Waals surface area contributed by atoms with Gasteiger partial charge < -0.3 is 10.4 Å². The van der Waals surface area contributed by atoms with E-state index in [0.29, 0.717) is 23.3 Å². The highest BCUT2D eigenvalue weighted by Crippen LogP contribution is 2.52. The van der Waals surface area contributed by atoms with E-state index in [1.54, 1.807) is 0 Å². The fourth-order valence-electron chi connectivity index (χ4n) is 4.84. The number of hydrogen-bond donors (Lipinski definition) is 2. The Labute approximate surface area is 139 Å². The molecular formula is C18H32N2O3. The molecule has 2 aliphatic rings. The number of amides is 1. The van der Waals surface area contributed by atoms with E-state index in [9.17, 15) is 9.59 Å². The molecule has 132 valence electrons. The molecule has 2 fully saturated rings. The van der Waals surface area contributed by atoms with Crippen molar-refractivity contribution >= 4 is 11.9 Å². The minimum atomic E-state index is -0.959. The third-order valence-corrected chi connectivity index (χ3v) is 5.40. The molecule has 5 heteroatoms. The number of likely N-dealkylation sites (tertiary alicyclic amines) is 1. The van der Waals surface area contributed by atoms with Crippen LogP contribution in [0.3, 0.4) is 0 Å². The number of nitrogens with one attached hydrogen (secondary N) is 1. The first-order chi connectivity index (χ1) is 10.5. The Kier molecular flexibility index (Phi) is 5.09. The summed E-state index contributed by atoms with van der Waals surface area (Å²) in [4.78, 5) is 25.7. The van der Waals surface area contributed by atoms with Gasteiger partial charge in [0.05, 0.1) is 0 Å². The van der Waals surface area contributed by atoms with Crippen LogP contribution in [0.1, 0.15) is 60.3 Å². The molecule has 1 saturated carbocycles. The lowest BCUT2D eigenvalue weighted by Gasteiger charge is -2.39. The molecule has 23 heavy (non-hydrogen) atoms. The molecule has 0 spiro atoms. The highest BCUT2D eigenvalue weighted by atomic mass is 16.4. The Hall–Kier alpha value is -1.10. The highest BCUT2D eigenvalue weighted by Gasteiger charge is 2.49. The van der Waals surface area contributed by atoms with Crippen molar-refractivity contribution in [3.8, 4) is 0 Å². The van der Waals surface area contributed by atoms with Crippen molar-refractivity contribution in [2.45, 2.75) is 72.4 Å². The molecule has 1 heterocycles. The number of fused-ring (bicyclic) bond motifs is 2. The normalized spacial score (nSPS) is 31.1. The highest BCUT2D eigenvalue weighted by molar-refractivity contribution is 5.83. The van der Waals surface area contributed by atoms with Crippen molar-refractivity contribution in [3.63, 3.8) is 0 Å². The second kappa shape index (κ2) is 6.42. The van der Waals surface area contributed by atoms with Crippen molar-refractivity contribution in [2.75, 3.05) is 13.1 Å². The maximum atomic E-state index is 12.1. The summed E-state index contributed by atoms with van der Waals surface area (Å²) < 4.78 is 0. The average molecular weight is 324 g/mol. The number of carbonyl (C=O) groups excluding carboxylic acids is 1. The van der Waals surface area contributed by atoms with Crippen LogP contribution < -0.4 is 5.32 Å². The molecule has 3 unspecified atom stereocenters. The van der Waals surface area contributed by atoms with E-state index >= 15 is 0 Å². The van der Waals surface area contributed by atoms with E-state index in [0.717, 1.165) is 13.1 Å². The summed E-state index contributed by atoms with van der Waals surface area (Å²) in [5, 5.41) is 11.8. The number of carboxylic acids is 1. The average Bonchev–Trinajstić information content (AvgIpc) is 2.61. The van der Waals surface area contributed by atoms with Crippen molar-refractivity contribution < 1.29 is 14.7 Å². The summed E-state index contributed by atoms with van der Waals surface area (Å²) in [6.07, 6.45) is 4.03. The smallest absolute Gasteiger partial charge is 0.326 e. The third-order valence-electron chi connectivity index (χ3n) is 5.40. The monoisotopic (exact) mass is 324 g/mol. The predicted molar refractivity (Wildman–Crippen MR) is 90.1 cm³/mol. The topological polar surface area (TPSA) is 69.6 Å². The second-order valence-electron chi connectivity index (χ2n) is 9.06. The minimum absolute atomic E-state index is 0.109. The van der Waals surface area contributed by atoms with E-state index in [1.165, 1.54) is 19.3 Å². The van der Waals surface area contributed by atoms with Crippen molar-refractivity contribution in [1.82, 2.24) is 10.2 Å². The minimum Gasteiger partial charge on any atom is -0.480 e. The first kappa shape index (κ1) is 18.2. The van der Waals surface area contributed by atoms with Crippen LogP contribution in [0.4, 0.5) is 0 Å². The molecule has 1 amide bonds. The van der Waals surface area contributed by atoms with Gasteiger partial charge in [-0.05, 0) is 36.0 Å². The van der Waals surface area contributed by atoms with E-state index in [1.807, 2.05) is 13.8 Å². The number of aliphatic carboxylic acids is 1. The van der Waals surface area contributed by atoms with E-state index in [4.69, 9.17) is 5.11 Å². The van der Waals surface area contributed by atoms with Crippen LogP contribution in [0.25, 0.3) is 0 Å². The summed E-state index contributed by atoms with van der Waals surface area (Å²) in [5.74, 6) is -1.22. The molecule has 2 rings (SSSR count). The van der Waals surface area contributed by atoms with Crippen LogP contribution in [0.5, 0.6) is 0 Å². The van der Waals surface area contributed by atoms with Crippen LogP contribution in [0, 0.1) is 16.7 Å². The lowest BCUT2D eigenvalue weighted by atomic mass is 9.65. The van der Waals surface area contributed by atoms with Crippen LogP contribution >= 0.6 is 0 Å². The van der Waals surface area contributed by atoms with Gasteiger partial charge in [-0.15, -0.1) is 0 Å². The van der Waals surface area contributed by atoms with Crippen molar-refractivity contribution in [2.24, 2.45) is 16.7 Å². The zero-order valence-corrected chi connectivity index (χ0v) is 15.2. The number of nitrogens with zero attached hydrogens (tertiary/aromatic N) is 1. The Balaban J connectivity index is 1.87. The number of hydrogen-bond acceptors (Lipinski definition) is 3. The molecule has 5 nitrogen and oxygen atoms in total. The van der Waals surface area contributed by atoms with Gasteiger partial charge in [0.15, 0.2) is 0 Å². The first-order valence-electron chi connectivity index (χ1n) is 8.78. The van der Waals surface area contributed by atoms with Crippen molar-refractivity contribution in [3.05, 3.63) is 0 Å². The molecule has 1 saturated heterocycles. The van der Waals surface area contributed by atoms with Crippen molar-refractivity contribution in [1.29, 1.82) is 0 Å². The zero-order chi connectivity index (χ0) is 17.4. The van der Waals surface area contributed by atoms with Gasteiger partial charge in [0.25, 0.3) is 0 Å². The summed E-state index contributed by atoms with van der Waals surface area (Å²) in [7, 11) is 0. The maximum Gasteiger partial charge on any atom is 0.326 e. The zero-order valence-electron chi connectivity index (χ0n) is 15.2. The fourth-order valence-corrected chi connectivity index (χ4v) is 4.84. The molecular weight excluding hydrogens is 292 g/mol. The third kappa shape index (κ3) is 4.46. The molecule has 3 atom stereocenters. The molecule has 0 radical (unpaired) electrons. The van der Waals surface area contributed by atoms with Gasteiger partial charge in [-0.1, -0.05) is 34.6 Å². The van der Waals surface area contributed by atoms with Gasteiger partial charge in [0, 0.05) is 25.6 Å². The summed E-state index contributed by atoms with van der Waals surface area (Å²) in [6.45, 7) is 12.5. The van der Waals surface area contributed by atoms with Crippen LogP contribution in [-0.4, -0.2) is 47.1 Å². The maximum absolute atomic E-state index is 12.1. The Morgan fingerprint density at radius 1 is 1.26 bits per heavy atom. The fraction of sp³-hybridized carbons (Fsp3) is 0.889. The predicted octanol–water partition coefficient (Wildman–Crippen LogP) is 2.50. The molecule has 0 aromatic carbocycles. The number of rotatable bonds is 6. The van der Waals surface area contributed by atoms with Gasteiger partial charge >= 0.3 is 5.97 Å². The van der Waals surface area contributed by atoms with E-state index in [2.05, 4.69) is 31.0 Å². The summed E-state index contributed by atoms with van der Waals surface area (Å²) >= 11 is 0. The number of carbonyl (C=O) groups is 2. The quantitative estimate of drug-likeness (QED) is 0.787. The summed E-state index contributed by atoms with van der Waals surface area (Å²) in [5.41, 5.74) is 0.741. The van der Waals surface area contributed by atoms with Gasteiger partial charge in [-0.25, -0.2) is 4.79 Å². The molecule has 1 aliphatic carbocycles. The Morgan fingerprint density at radius 3 is 2.48 bits per heavy atom. The van der Waals surface area contributed by atoms with Crippen LogP contribution in [0.15, 0.2) is 0 Å². The standard InChI is InChI=1S/C18H32N2O3/c1-12(2)15(16(22)23)19-14(21)6-7-20-11-18(5)9-13(20)8-17(3,4)10-18/h12-13,15H,6-11H2,1-5H3,(H,19,21)(H,22,23). The van der Waals surface area contributed by atoms with Crippen LogP contribution in [-0.2, 0) is 9.59 Å². The van der Waals surface area contributed by atoms with Crippen LogP contribution in [0.2, 0.25) is 0 Å². The van der Waals surface area contributed by atoms with Gasteiger partial charge in [0.1, 0.15) is 6.04 Å². The largest absolute Gasteiger partial charge is 0.480 e. The van der Waals surface area contributed by atoms with Gasteiger partial charge in [0.2, 0.25) is 5.91 Å². The molecule has 2 N–H and O–H groups in total. The first-order valence-corrected chi connectivity index (χ1v) is 8.78. The van der Waals surface area contributed by atoms with E-state index < -0.39 is 12.0 Å². The summed E-state index contributed by atoms with van der Waals surface area (Å²) in [6, 6.07) is -0.228.